The van der Waals surface area contributed by atoms with Crippen LogP contribution >= 0.6 is 11.8 Å². The summed E-state index contributed by atoms with van der Waals surface area (Å²) in [5, 5.41) is 15.0. The van der Waals surface area contributed by atoms with Crippen LogP contribution in [0.2, 0.25) is 0 Å². The minimum atomic E-state index is -0.834. The van der Waals surface area contributed by atoms with E-state index in [2.05, 4.69) is 22.8 Å². The highest BCUT2D eigenvalue weighted by Gasteiger charge is 2.32. The number of carbonyl (C=O) groups excluding carboxylic acids is 2. The third kappa shape index (κ3) is 8.70. The lowest BCUT2D eigenvalue weighted by Gasteiger charge is -2.36. The maximum absolute atomic E-state index is 12.8. The minimum Gasteiger partial charge on any atom is -0.467 e. The normalized spacial score (nSPS) is 18.6. The molecule has 0 radical (unpaired) electrons. The molecule has 1 aliphatic rings. The summed E-state index contributed by atoms with van der Waals surface area (Å²) >= 11 is 1.74. The molecule has 0 aromatic heterocycles. The van der Waals surface area contributed by atoms with E-state index in [1.54, 1.807) is 23.9 Å². The zero-order valence-electron chi connectivity index (χ0n) is 24.4. The van der Waals surface area contributed by atoms with Gasteiger partial charge in [0, 0.05) is 34.7 Å². The van der Waals surface area contributed by atoms with Crippen molar-refractivity contribution in [3.8, 4) is 0 Å². The van der Waals surface area contributed by atoms with E-state index < -0.39 is 24.3 Å². The Balaban J connectivity index is 1.25. The van der Waals surface area contributed by atoms with Crippen molar-refractivity contribution in [1.29, 1.82) is 0 Å². The predicted molar refractivity (Wildman–Crippen MR) is 170 cm³/mol. The number of urea groups is 1. The number of benzene rings is 4. The van der Waals surface area contributed by atoms with Crippen LogP contribution in [0, 0.1) is 0 Å². The molecule has 1 heterocycles. The van der Waals surface area contributed by atoms with Crippen LogP contribution < -0.4 is 10.6 Å². The van der Waals surface area contributed by atoms with Crippen molar-refractivity contribution in [1.82, 2.24) is 5.32 Å². The molecule has 2 amide bonds. The number of aliphatic hydroxyl groups excluding tert-OH is 1. The lowest BCUT2D eigenvalue weighted by atomic mass is 10.0. The highest BCUT2D eigenvalue weighted by atomic mass is 32.2. The topological polar surface area (TPSA) is 106 Å². The fraction of sp³-hybridized carbons (Fsp3) is 0.257. The second kappa shape index (κ2) is 15.5. The van der Waals surface area contributed by atoms with Crippen molar-refractivity contribution in [3.63, 3.8) is 0 Å². The van der Waals surface area contributed by atoms with Gasteiger partial charge in [-0.3, -0.25) is 0 Å². The second-order valence-electron chi connectivity index (χ2n) is 10.5. The van der Waals surface area contributed by atoms with Crippen LogP contribution in [0.4, 0.5) is 10.5 Å². The van der Waals surface area contributed by atoms with E-state index in [0.717, 1.165) is 28.0 Å². The van der Waals surface area contributed by atoms with Crippen LogP contribution in [-0.2, 0) is 32.0 Å². The highest BCUT2D eigenvalue weighted by Crippen LogP contribution is 2.39. The first-order valence-electron chi connectivity index (χ1n) is 14.5. The summed E-state index contributed by atoms with van der Waals surface area (Å²) in [5.41, 5.74) is 4.15. The molecular weight excluding hydrogens is 576 g/mol. The molecule has 0 saturated carbocycles. The first-order valence-corrected chi connectivity index (χ1v) is 15.5. The van der Waals surface area contributed by atoms with Crippen LogP contribution in [-0.4, -0.2) is 42.1 Å². The van der Waals surface area contributed by atoms with Gasteiger partial charge in [-0.15, -0.1) is 11.8 Å². The maximum Gasteiger partial charge on any atom is 0.328 e. The third-order valence-electron chi connectivity index (χ3n) is 7.31. The zero-order chi connectivity index (χ0) is 30.7. The van der Waals surface area contributed by atoms with Gasteiger partial charge in [0.25, 0.3) is 0 Å². The molecule has 1 saturated heterocycles. The van der Waals surface area contributed by atoms with E-state index in [4.69, 9.17) is 14.2 Å². The van der Waals surface area contributed by atoms with Crippen molar-refractivity contribution >= 4 is 29.4 Å². The van der Waals surface area contributed by atoms with E-state index in [1.165, 1.54) is 12.0 Å². The Morgan fingerprint density at radius 1 is 0.864 bits per heavy atom. The van der Waals surface area contributed by atoms with Crippen LogP contribution in [0.1, 0.15) is 41.1 Å². The zero-order valence-corrected chi connectivity index (χ0v) is 25.2. The second-order valence-corrected chi connectivity index (χ2v) is 11.6. The number of hydrogen-bond donors (Lipinski definition) is 3. The number of methoxy groups -OCH3 is 1. The molecule has 5 rings (SSSR count). The van der Waals surface area contributed by atoms with Gasteiger partial charge in [-0.25, -0.2) is 9.59 Å². The quantitative estimate of drug-likeness (QED) is 0.133. The van der Waals surface area contributed by atoms with Gasteiger partial charge in [-0.05, 0) is 41.0 Å². The number of thioether (sulfide) groups is 1. The number of anilines is 1. The van der Waals surface area contributed by atoms with Crippen molar-refractivity contribution in [2.75, 3.05) is 18.2 Å². The Kier molecular flexibility index (Phi) is 11.0. The average molecular weight is 613 g/mol. The molecular formula is C35H36N2O6S. The minimum absolute atomic E-state index is 0.0113. The number of amides is 2. The Morgan fingerprint density at radius 3 is 2.18 bits per heavy atom. The Bertz CT molecular complexity index is 1490. The Morgan fingerprint density at radius 2 is 1.52 bits per heavy atom. The maximum atomic E-state index is 12.8. The summed E-state index contributed by atoms with van der Waals surface area (Å²) in [5.74, 6) is 0.241. The van der Waals surface area contributed by atoms with Crippen molar-refractivity contribution in [2.45, 2.75) is 48.9 Å². The average Bonchev–Trinajstić information content (AvgIpc) is 3.08. The summed E-state index contributed by atoms with van der Waals surface area (Å²) < 4.78 is 17.8. The van der Waals surface area contributed by atoms with E-state index >= 15 is 0 Å². The van der Waals surface area contributed by atoms with Gasteiger partial charge in [0.15, 0.2) is 6.29 Å². The molecule has 4 atom stereocenters. The van der Waals surface area contributed by atoms with Crippen molar-refractivity contribution in [3.05, 3.63) is 131 Å². The Hall–Kier alpha value is -4.15. The van der Waals surface area contributed by atoms with E-state index in [1.807, 2.05) is 84.9 Å². The number of nitrogens with one attached hydrogen (secondary N) is 2. The van der Waals surface area contributed by atoms with Gasteiger partial charge in [-0.2, -0.15) is 0 Å². The van der Waals surface area contributed by atoms with Gasteiger partial charge >= 0.3 is 12.0 Å². The van der Waals surface area contributed by atoms with Gasteiger partial charge in [-0.1, -0.05) is 84.9 Å². The standard InChI is InChI=1S/C35H36N2O6S/c1-41-33(39)31(20-24-8-4-2-5-9-24)37-35(40)36-28-18-16-27(17-19-28)34-42-29(23-44-30-10-6-3-7-11-30)21-32(43-34)26-14-12-25(22-38)13-15-26/h2-19,29,31-32,34,38H,20-23H2,1H3,(H2,36,37,40)/t29-,31+,32+,34+/m1/s1. The van der Waals surface area contributed by atoms with Gasteiger partial charge in [0.05, 0.1) is 25.9 Å². The summed E-state index contributed by atoms with van der Waals surface area (Å²) in [4.78, 5) is 26.3. The highest BCUT2D eigenvalue weighted by molar-refractivity contribution is 7.99. The molecule has 8 nitrogen and oxygen atoms in total. The molecule has 4 aromatic carbocycles. The van der Waals surface area contributed by atoms with Crippen molar-refractivity contribution < 1.29 is 28.9 Å². The van der Waals surface area contributed by atoms with Gasteiger partial charge in [0.2, 0.25) is 0 Å². The molecule has 44 heavy (non-hydrogen) atoms. The molecule has 0 bridgehead atoms. The molecule has 228 valence electrons. The summed E-state index contributed by atoms with van der Waals surface area (Å²) in [6.07, 6.45) is 0.143. The monoisotopic (exact) mass is 612 g/mol. The molecule has 1 aliphatic heterocycles. The molecule has 9 heteroatoms. The number of carbonyl (C=O) groups is 2. The number of hydrogen-bond acceptors (Lipinski definition) is 7. The number of esters is 1. The van der Waals surface area contributed by atoms with E-state index in [-0.39, 0.29) is 18.8 Å². The molecule has 1 fully saturated rings. The molecule has 4 aromatic rings. The number of rotatable bonds is 11. The first kappa shape index (κ1) is 31.3. The SMILES string of the molecule is COC(=O)[C@H](Cc1ccccc1)NC(=O)Nc1ccc([C@H]2O[C@@H](CSc3ccccc3)C[C@@H](c3ccc(CO)cc3)O2)cc1. The van der Waals surface area contributed by atoms with Gasteiger partial charge < -0.3 is 30.0 Å². The van der Waals surface area contributed by atoms with E-state index in [0.29, 0.717) is 18.5 Å². The number of ether oxygens (including phenoxy) is 3. The molecule has 0 spiro atoms. The van der Waals surface area contributed by atoms with Crippen LogP contribution in [0.15, 0.2) is 114 Å². The fourth-order valence-corrected chi connectivity index (χ4v) is 5.91. The Labute approximate surface area is 261 Å². The smallest absolute Gasteiger partial charge is 0.328 e. The molecule has 0 unspecified atom stereocenters. The summed E-state index contributed by atoms with van der Waals surface area (Å²) in [6.45, 7) is -0.0113. The van der Waals surface area contributed by atoms with Crippen LogP contribution in [0.5, 0.6) is 0 Å². The van der Waals surface area contributed by atoms with Crippen LogP contribution in [0.3, 0.4) is 0 Å². The molecule has 3 N–H and O–H groups in total. The van der Waals surface area contributed by atoms with Gasteiger partial charge in [0.1, 0.15) is 6.04 Å². The van der Waals surface area contributed by atoms with E-state index in [9.17, 15) is 14.7 Å². The first-order chi connectivity index (χ1) is 21.5. The number of aliphatic hydroxyl groups is 1. The lowest BCUT2D eigenvalue weighted by Crippen LogP contribution is -2.45. The summed E-state index contributed by atoms with van der Waals surface area (Å²) in [7, 11) is 1.30. The lowest BCUT2D eigenvalue weighted by molar-refractivity contribution is -0.245. The molecule has 0 aliphatic carbocycles. The third-order valence-corrected chi connectivity index (χ3v) is 8.45. The largest absolute Gasteiger partial charge is 0.467 e. The van der Waals surface area contributed by atoms with Crippen molar-refractivity contribution in [2.24, 2.45) is 0 Å². The van der Waals surface area contributed by atoms with Crippen LogP contribution in [0.25, 0.3) is 0 Å². The predicted octanol–water partition coefficient (Wildman–Crippen LogP) is 6.42. The fourth-order valence-electron chi connectivity index (χ4n) is 4.96. The summed E-state index contributed by atoms with van der Waals surface area (Å²) in [6, 6.07) is 33.4.